The van der Waals surface area contributed by atoms with Crippen LogP contribution in [0.2, 0.25) is 5.02 Å². The summed E-state index contributed by atoms with van der Waals surface area (Å²) in [7, 11) is 0. The van der Waals surface area contributed by atoms with Gasteiger partial charge in [0.1, 0.15) is 0 Å². The van der Waals surface area contributed by atoms with Gasteiger partial charge in [0, 0.05) is 5.02 Å². The smallest absolute Gasteiger partial charge is 0.230 e. The van der Waals surface area contributed by atoms with Crippen LogP contribution in [-0.2, 0) is 4.79 Å². The van der Waals surface area contributed by atoms with Crippen LogP contribution < -0.4 is 11.1 Å². The Balaban J connectivity index is 1.85. The molecule has 1 aromatic heterocycles. The number of nitrogens with one attached hydrogen (secondary N) is 1. The maximum absolute atomic E-state index is 11.9. The second-order valence-electron chi connectivity index (χ2n) is 4.04. The number of nitrogens with two attached hydrogens (primary N) is 1. The fourth-order valence-corrected chi connectivity index (χ4v) is 3.19. The highest BCUT2D eigenvalue weighted by atomic mass is 35.5. The van der Waals surface area contributed by atoms with E-state index in [1.165, 1.54) is 23.1 Å². The Labute approximate surface area is 129 Å². The van der Waals surface area contributed by atoms with E-state index in [-0.39, 0.29) is 17.7 Å². The van der Waals surface area contributed by atoms with Crippen molar-refractivity contribution in [3.63, 3.8) is 0 Å². The topological polar surface area (TPSA) is 80.9 Å². The zero-order valence-corrected chi connectivity index (χ0v) is 13.1. The fourth-order valence-electron chi connectivity index (χ4n) is 1.55. The fraction of sp³-hybridized carbons (Fsp3) is 0.250. The number of hydrogen-bond donors (Lipinski definition) is 2. The minimum absolute atomic E-state index is 0.0729. The highest BCUT2D eigenvalue weighted by molar-refractivity contribution is 8.01. The molecular formula is C12H13ClN4OS2. The molecule has 0 saturated carbocycles. The minimum Gasteiger partial charge on any atom is -0.374 e. The van der Waals surface area contributed by atoms with Gasteiger partial charge >= 0.3 is 0 Å². The van der Waals surface area contributed by atoms with Crippen LogP contribution >= 0.6 is 34.7 Å². The molecule has 0 saturated heterocycles. The molecule has 0 spiro atoms. The largest absolute Gasteiger partial charge is 0.374 e. The van der Waals surface area contributed by atoms with Crippen molar-refractivity contribution >= 4 is 45.7 Å². The van der Waals surface area contributed by atoms with Crippen molar-refractivity contribution in [2.75, 3.05) is 11.5 Å². The lowest BCUT2D eigenvalue weighted by molar-refractivity contribution is -0.119. The van der Waals surface area contributed by atoms with E-state index in [9.17, 15) is 4.79 Å². The number of carbonyl (C=O) groups excluding carboxylic acids is 1. The number of halogens is 1. The summed E-state index contributed by atoms with van der Waals surface area (Å²) in [6.45, 7) is 1.91. The Morgan fingerprint density at radius 3 is 3.00 bits per heavy atom. The molecule has 3 N–H and O–H groups in total. The van der Waals surface area contributed by atoms with E-state index in [2.05, 4.69) is 15.5 Å². The quantitative estimate of drug-likeness (QED) is 0.825. The van der Waals surface area contributed by atoms with Crippen molar-refractivity contribution in [2.45, 2.75) is 17.3 Å². The standard InChI is InChI=1S/C12H13ClN4OS2/c1-7(8-3-2-4-9(13)5-8)15-10(18)6-19-12-17-16-11(14)20-12/h2-5,7H,6H2,1H3,(H2,14,16)(H,15,18)/t7-/m0/s1. The number of carbonyl (C=O) groups is 1. The SMILES string of the molecule is C[C@H](NC(=O)CSc1nnc(N)s1)c1cccc(Cl)c1. The Bertz CT molecular complexity index is 605. The van der Waals surface area contributed by atoms with Gasteiger partial charge in [0.2, 0.25) is 11.0 Å². The van der Waals surface area contributed by atoms with Crippen LogP contribution in [0, 0.1) is 0 Å². The van der Waals surface area contributed by atoms with Crippen molar-refractivity contribution in [3.05, 3.63) is 34.9 Å². The number of rotatable bonds is 5. The van der Waals surface area contributed by atoms with Crippen molar-refractivity contribution in [3.8, 4) is 0 Å². The number of hydrogen-bond acceptors (Lipinski definition) is 6. The summed E-state index contributed by atoms with van der Waals surface area (Å²) in [5.41, 5.74) is 6.44. The molecule has 0 bridgehead atoms. The minimum atomic E-state index is -0.0960. The van der Waals surface area contributed by atoms with Gasteiger partial charge in [-0.1, -0.05) is 46.8 Å². The summed E-state index contributed by atoms with van der Waals surface area (Å²) >= 11 is 8.51. The van der Waals surface area contributed by atoms with Crippen LogP contribution in [0.3, 0.4) is 0 Å². The van der Waals surface area contributed by atoms with Crippen LogP contribution in [0.25, 0.3) is 0 Å². The van der Waals surface area contributed by atoms with Crippen LogP contribution in [0.4, 0.5) is 5.13 Å². The molecule has 0 aliphatic heterocycles. The van der Waals surface area contributed by atoms with Gasteiger partial charge in [-0.25, -0.2) is 0 Å². The summed E-state index contributed by atoms with van der Waals surface area (Å²) in [6, 6.07) is 7.33. The molecule has 5 nitrogen and oxygen atoms in total. The van der Waals surface area contributed by atoms with Gasteiger partial charge in [-0.15, -0.1) is 10.2 Å². The van der Waals surface area contributed by atoms with Crippen LogP contribution in [0.15, 0.2) is 28.6 Å². The van der Waals surface area contributed by atoms with Gasteiger partial charge in [0.25, 0.3) is 0 Å². The zero-order chi connectivity index (χ0) is 14.5. The molecule has 0 aliphatic carbocycles. The molecule has 8 heteroatoms. The number of benzene rings is 1. The predicted molar refractivity (Wildman–Crippen MR) is 83.1 cm³/mol. The van der Waals surface area contributed by atoms with E-state index in [1.807, 2.05) is 25.1 Å². The van der Waals surface area contributed by atoms with Crippen LogP contribution in [-0.4, -0.2) is 21.9 Å². The molecule has 1 aromatic carbocycles. The number of nitrogens with zero attached hydrogens (tertiary/aromatic N) is 2. The van der Waals surface area contributed by atoms with Gasteiger partial charge in [-0.3, -0.25) is 4.79 Å². The molecule has 106 valence electrons. The predicted octanol–water partition coefficient (Wildman–Crippen LogP) is 2.74. The average molecular weight is 329 g/mol. The number of aromatic nitrogens is 2. The first kappa shape index (κ1) is 15.1. The third-order valence-corrected chi connectivity index (χ3v) is 4.60. The van der Waals surface area contributed by atoms with E-state index < -0.39 is 0 Å². The Kier molecular flexibility index (Phi) is 5.22. The van der Waals surface area contributed by atoms with E-state index >= 15 is 0 Å². The van der Waals surface area contributed by atoms with Crippen LogP contribution in [0.1, 0.15) is 18.5 Å². The first-order chi connectivity index (χ1) is 9.54. The second-order valence-corrected chi connectivity index (χ2v) is 6.71. The molecule has 2 aromatic rings. The molecule has 0 fully saturated rings. The first-order valence-corrected chi connectivity index (χ1v) is 7.99. The average Bonchev–Trinajstić information content (AvgIpc) is 2.82. The number of anilines is 1. The third-order valence-electron chi connectivity index (χ3n) is 2.47. The van der Waals surface area contributed by atoms with E-state index in [4.69, 9.17) is 17.3 Å². The Hall–Kier alpha value is -1.31. The summed E-state index contributed by atoms with van der Waals surface area (Å²) < 4.78 is 0.688. The molecule has 2 rings (SSSR count). The normalized spacial score (nSPS) is 12.1. The summed E-state index contributed by atoms with van der Waals surface area (Å²) in [5, 5.41) is 11.5. The third kappa shape index (κ3) is 4.36. The van der Waals surface area contributed by atoms with Gasteiger partial charge in [0.05, 0.1) is 11.8 Å². The maximum atomic E-state index is 11.9. The van der Waals surface area contributed by atoms with E-state index in [1.54, 1.807) is 6.07 Å². The van der Waals surface area contributed by atoms with Crippen molar-refractivity contribution in [1.29, 1.82) is 0 Å². The first-order valence-electron chi connectivity index (χ1n) is 5.81. The lowest BCUT2D eigenvalue weighted by atomic mass is 10.1. The molecule has 0 aliphatic rings. The Morgan fingerprint density at radius 1 is 1.55 bits per heavy atom. The molecule has 1 atom stereocenters. The van der Waals surface area contributed by atoms with Crippen molar-refractivity contribution < 1.29 is 4.79 Å². The number of nitrogen functional groups attached to an aromatic ring is 1. The van der Waals surface area contributed by atoms with Crippen molar-refractivity contribution in [2.24, 2.45) is 0 Å². The monoisotopic (exact) mass is 328 g/mol. The molecule has 20 heavy (non-hydrogen) atoms. The van der Waals surface area contributed by atoms with Gasteiger partial charge in [-0.2, -0.15) is 0 Å². The zero-order valence-electron chi connectivity index (χ0n) is 10.7. The molecular weight excluding hydrogens is 316 g/mol. The van der Waals surface area contributed by atoms with E-state index in [0.717, 1.165) is 5.56 Å². The highest BCUT2D eigenvalue weighted by Gasteiger charge is 2.11. The molecule has 1 amide bonds. The van der Waals surface area contributed by atoms with Gasteiger partial charge in [0.15, 0.2) is 4.34 Å². The molecule has 0 radical (unpaired) electrons. The lowest BCUT2D eigenvalue weighted by Crippen LogP contribution is -2.28. The van der Waals surface area contributed by atoms with Crippen molar-refractivity contribution in [1.82, 2.24) is 15.5 Å². The summed E-state index contributed by atoms with van der Waals surface area (Å²) in [5.74, 6) is 0.204. The Morgan fingerprint density at radius 2 is 2.35 bits per heavy atom. The number of amides is 1. The molecule has 1 heterocycles. The van der Waals surface area contributed by atoms with E-state index in [0.29, 0.717) is 14.5 Å². The summed E-state index contributed by atoms with van der Waals surface area (Å²) in [6.07, 6.45) is 0. The van der Waals surface area contributed by atoms with Gasteiger partial charge in [-0.05, 0) is 24.6 Å². The van der Waals surface area contributed by atoms with Crippen LogP contribution in [0.5, 0.6) is 0 Å². The lowest BCUT2D eigenvalue weighted by Gasteiger charge is -2.14. The molecule has 0 unspecified atom stereocenters. The second kappa shape index (κ2) is 6.92. The van der Waals surface area contributed by atoms with Gasteiger partial charge < -0.3 is 11.1 Å². The highest BCUT2D eigenvalue weighted by Crippen LogP contribution is 2.23. The summed E-state index contributed by atoms with van der Waals surface area (Å²) in [4.78, 5) is 11.9. The number of thioether (sulfide) groups is 1. The maximum Gasteiger partial charge on any atom is 0.230 e.